The van der Waals surface area contributed by atoms with Crippen molar-refractivity contribution in [2.75, 3.05) is 0 Å². The lowest BCUT2D eigenvalue weighted by molar-refractivity contribution is 0.208. The van der Waals surface area contributed by atoms with Crippen LogP contribution in [0.25, 0.3) is 0 Å². The molecule has 0 spiro atoms. The molecule has 0 bridgehead atoms. The van der Waals surface area contributed by atoms with Gasteiger partial charge in [0.15, 0.2) is 0 Å². The minimum atomic E-state index is -4.20. The Morgan fingerprint density at radius 2 is 1.79 bits per heavy atom. The molecule has 4 N–H and O–H groups in total. The third-order valence-electron chi connectivity index (χ3n) is 1.51. The van der Waals surface area contributed by atoms with Crippen LogP contribution in [0.1, 0.15) is 5.56 Å². The summed E-state index contributed by atoms with van der Waals surface area (Å²) in [6, 6.07) is 4.84. The third kappa shape index (κ3) is 3.93. The van der Waals surface area contributed by atoms with E-state index in [4.69, 9.17) is 37.6 Å². The number of hydrogen-bond acceptors (Lipinski definition) is 4. The molecule has 0 saturated heterocycles. The van der Waals surface area contributed by atoms with Gasteiger partial charge in [0.05, 0.1) is 10.0 Å². The van der Waals surface area contributed by atoms with Gasteiger partial charge in [-0.1, -0.05) is 29.3 Å². The summed E-state index contributed by atoms with van der Waals surface area (Å²) in [4.78, 5) is 28.2. The predicted octanol–water partition coefficient (Wildman–Crippen LogP) is 0.496. The molecule has 0 aliphatic carbocycles. The zero-order chi connectivity index (χ0) is 10.8. The summed E-state index contributed by atoms with van der Waals surface area (Å²) >= 11 is 11.4. The summed E-state index contributed by atoms with van der Waals surface area (Å²) in [6.07, 6.45) is 0. The van der Waals surface area contributed by atoms with Gasteiger partial charge >= 0.3 is 8.97 Å². The predicted molar refractivity (Wildman–Crippen MR) is 55.7 cm³/mol. The van der Waals surface area contributed by atoms with Gasteiger partial charge in [0.2, 0.25) is 0 Å². The summed E-state index contributed by atoms with van der Waals surface area (Å²) < 4.78 is 0. The molecule has 14 heavy (non-hydrogen) atoms. The van der Waals surface area contributed by atoms with Crippen molar-refractivity contribution < 1.29 is 14.4 Å². The van der Waals surface area contributed by atoms with Crippen LogP contribution in [-0.4, -0.2) is 23.4 Å². The molecule has 4 nitrogen and oxygen atoms in total. The fraction of sp³-hybridized carbons (Fsp3) is 0.143. The molecule has 0 amide bonds. The first-order valence-corrected chi connectivity index (χ1v) is 6.34. The van der Waals surface area contributed by atoms with Crippen LogP contribution in [0.3, 0.4) is 0 Å². The number of benzene rings is 1. The maximum absolute atomic E-state index is 8.68. The second-order valence-corrected chi connectivity index (χ2v) is 5.18. The van der Waals surface area contributed by atoms with Crippen molar-refractivity contribution in [2.45, 2.75) is 6.54 Å². The number of rotatable bonds is 3. The average Bonchev–Trinajstić information content (AvgIpc) is 2.06. The maximum Gasteiger partial charge on any atom is 0.588 e. The van der Waals surface area contributed by atoms with E-state index < -0.39 is 8.97 Å². The van der Waals surface area contributed by atoms with Crippen molar-refractivity contribution in [3.63, 3.8) is 0 Å². The minimum absolute atomic E-state index is 0.118. The van der Waals surface area contributed by atoms with Crippen molar-refractivity contribution >= 4 is 32.2 Å². The van der Waals surface area contributed by atoms with E-state index in [0.29, 0.717) is 15.6 Å². The highest BCUT2D eigenvalue weighted by Crippen LogP contribution is 2.22. The van der Waals surface area contributed by atoms with Gasteiger partial charge in [-0.15, -0.1) is 0 Å². The van der Waals surface area contributed by atoms with Crippen molar-refractivity contribution in [3.8, 4) is 0 Å². The highest BCUT2D eigenvalue weighted by Gasteiger charge is 2.26. The van der Waals surface area contributed by atoms with Crippen LogP contribution in [0, 0.1) is 0 Å². The Bertz CT molecular complexity index is 329. The fourth-order valence-electron chi connectivity index (χ4n) is 0.870. The van der Waals surface area contributed by atoms with Gasteiger partial charge < -0.3 is 14.4 Å². The zero-order valence-electron chi connectivity index (χ0n) is 7.04. The lowest BCUT2D eigenvalue weighted by atomic mass is 10.2. The van der Waals surface area contributed by atoms with Crippen LogP contribution in [0.4, 0.5) is 0 Å². The Labute approximate surface area is 92.2 Å². The van der Waals surface area contributed by atoms with Gasteiger partial charge in [-0.2, -0.15) is 0 Å². The summed E-state index contributed by atoms with van der Waals surface area (Å²) in [6.45, 7) is 0.118. The Hall–Kier alpha value is -0.143. The molecular formula is C7H9Cl2NO3Si. The highest BCUT2D eigenvalue weighted by atomic mass is 35.5. The van der Waals surface area contributed by atoms with Crippen LogP contribution in [0.15, 0.2) is 18.2 Å². The zero-order valence-corrected chi connectivity index (χ0v) is 9.55. The Balaban J connectivity index is 2.65. The summed E-state index contributed by atoms with van der Waals surface area (Å²) in [5, 5.41) is 0.808. The van der Waals surface area contributed by atoms with Crippen LogP contribution in [0.2, 0.25) is 10.0 Å². The van der Waals surface area contributed by atoms with E-state index in [0.717, 1.165) is 0 Å². The van der Waals surface area contributed by atoms with Crippen LogP contribution >= 0.6 is 23.2 Å². The van der Waals surface area contributed by atoms with Gasteiger partial charge in [-0.3, -0.25) is 4.98 Å². The molecule has 78 valence electrons. The lowest BCUT2D eigenvalue weighted by Gasteiger charge is -2.11. The topological polar surface area (TPSA) is 72.7 Å². The van der Waals surface area contributed by atoms with Crippen LogP contribution in [0.5, 0.6) is 0 Å². The fourth-order valence-corrected chi connectivity index (χ4v) is 1.63. The van der Waals surface area contributed by atoms with Crippen molar-refractivity contribution in [3.05, 3.63) is 33.8 Å². The largest absolute Gasteiger partial charge is 0.588 e. The highest BCUT2D eigenvalue weighted by molar-refractivity contribution is 6.53. The van der Waals surface area contributed by atoms with E-state index in [9.17, 15) is 0 Å². The van der Waals surface area contributed by atoms with Gasteiger partial charge in [0.25, 0.3) is 0 Å². The molecule has 7 heteroatoms. The lowest BCUT2D eigenvalue weighted by Crippen LogP contribution is -2.51. The molecular weight excluding hydrogens is 245 g/mol. The number of halogens is 2. The molecule has 0 atom stereocenters. The number of hydrogen-bond donors (Lipinski definition) is 4. The molecule has 0 fully saturated rings. The SMILES string of the molecule is O[Si](O)(O)NCc1ccc(Cl)c(Cl)c1. The molecule has 0 aromatic heterocycles. The minimum Gasteiger partial charge on any atom is -0.377 e. The van der Waals surface area contributed by atoms with Gasteiger partial charge in [0.1, 0.15) is 0 Å². The molecule has 1 aromatic rings. The van der Waals surface area contributed by atoms with E-state index in [1.54, 1.807) is 18.2 Å². The van der Waals surface area contributed by atoms with Crippen LogP contribution < -0.4 is 4.98 Å². The molecule has 0 saturated carbocycles. The van der Waals surface area contributed by atoms with E-state index >= 15 is 0 Å². The van der Waals surface area contributed by atoms with Crippen molar-refractivity contribution in [1.82, 2.24) is 4.98 Å². The van der Waals surface area contributed by atoms with Crippen LogP contribution in [-0.2, 0) is 6.54 Å². The van der Waals surface area contributed by atoms with Crippen molar-refractivity contribution in [1.29, 1.82) is 0 Å². The average molecular weight is 254 g/mol. The molecule has 0 radical (unpaired) electrons. The van der Waals surface area contributed by atoms with Gasteiger partial charge in [0, 0.05) is 6.54 Å². The second kappa shape index (κ2) is 4.58. The first kappa shape index (κ1) is 11.9. The first-order valence-electron chi connectivity index (χ1n) is 3.74. The summed E-state index contributed by atoms with van der Waals surface area (Å²) in [7, 11) is -4.20. The Morgan fingerprint density at radius 1 is 1.14 bits per heavy atom. The van der Waals surface area contributed by atoms with Gasteiger partial charge in [-0.25, -0.2) is 0 Å². The molecule has 0 heterocycles. The summed E-state index contributed by atoms with van der Waals surface area (Å²) in [5.41, 5.74) is 0.702. The molecule has 0 unspecified atom stereocenters. The maximum atomic E-state index is 8.68. The standard InChI is InChI=1S/C7H9Cl2NO3Si/c8-6-2-1-5(3-7(6)9)4-10-14(11,12)13/h1-3,10-13H,4H2. The van der Waals surface area contributed by atoms with E-state index in [1.165, 1.54) is 0 Å². The molecule has 0 aliphatic heterocycles. The molecule has 0 aliphatic rings. The van der Waals surface area contributed by atoms with E-state index in [-0.39, 0.29) is 6.54 Å². The third-order valence-corrected chi connectivity index (χ3v) is 2.90. The van der Waals surface area contributed by atoms with E-state index in [2.05, 4.69) is 4.98 Å². The van der Waals surface area contributed by atoms with E-state index in [1.807, 2.05) is 0 Å². The normalized spacial score (nSPS) is 11.8. The smallest absolute Gasteiger partial charge is 0.377 e. The quantitative estimate of drug-likeness (QED) is 0.592. The summed E-state index contributed by atoms with van der Waals surface area (Å²) in [5.74, 6) is 0. The molecule has 1 aromatic carbocycles. The Kier molecular flexibility index (Phi) is 3.91. The molecule has 1 rings (SSSR count). The van der Waals surface area contributed by atoms with Gasteiger partial charge in [-0.05, 0) is 17.7 Å². The first-order chi connectivity index (χ1) is 6.38. The monoisotopic (exact) mass is 253 g/mol. The second-order valence-electron chi connectivity index (χ2n) is 2.74. The number of nitrogens with one attached hydrogen (secondary N) is 1. The Morgan fingerprint density at radius 3 is 2.29 bits per heavy atom. The van der Waals surface area contributed by atoms with Crippen molar-refractivity contribution in [2.24, 2.45) is 0 Å².